The molecule has 10 heteroatoms. The van der Waals surface area contributed by atoms with Crippen LogP contribution in [0.5, 0.6) is 0 Å². The van der Waals surface area contributed by atoms with Gasteiger partial charge in [-0.2, -0.15) is 0 Å². The third kappa shape index (κ3) is 4.10. The first-order valence-electron chi connectivity index (χ1n) is 10.7. The van der Waals surface area contributed by atoms with Crippen molar-refractivity contribution in [3.8, 4) is 5.82 Å². The van der Waals surface area contributed by atoms with E-state index in [1.165, 1.54) is 11.8 Å². The highest BCUT2D eigenvalue weighted by molar-refractivity contribution is 7.99. The third-order valence-corrected chi connectivity index (χ3v) is 7.95. The molecular formula is C22H25ClN6O2S. The Hall–Kier alpha value is -2.20. The Morgan fingerprint density at radius 3 is 2.72 bits per heavy atom. The zero-order chi connectivity index (χ0) is 22.1. The van der Waals surface area contributed by atoms with Crippen molar-refractivity contribution in [3.63, 3.8) is 0 Å². The van der Waals surface area contributed by atoms with Crippen molar-refractivity contribution in [1.29, 1.82) is 0 Å². The monoisotopic (exact) mass is 472 g/mol. The van der Waals surface area contributed by atoms with E-state index in [1.54, 1.807) is 29.5 Å². The SMILES string of the molecule is Cc1nc(N2CCC3(CCOC3)CC2)c(CO)nc1Sc1ccnc(-n2ccnc2)c1Cl. The highest BCUT2D eigenvalue weighted by atomic mass is 35.5. The summed E-state index contributed by atoms with van der Waals surface area (Å²) in [7, 11) is 0. The fourth-order valence-corrected chi connectivity index (χ4v) is 5.57. The fraction of sp³-hybridized carbons (Fsp3) is 0.455. The number of anilines is 1. The van der Waals surface area contributed by atoms with Gasteiger partial charge in [0.25, 0.3) is 0 Å². The second-order valence-electron chi connectivity index (χ2n) is 8.35. The predicted molar refractivity (Wildman–Crippen MR) is 122 cm³/mol. The van der Waals surface area contributed by atoms with Crippen LogP contribution in [0.15, 0.2) is 40.9 Å². The van der Waals surface area contributed by atoms with Gasteiger partial charge in [-0.15, -0.1) is 0 Å². The molecule has 2 fully saturated rings. The molecule has 168 valence electrons. The third-order valence-electron chi connectivity index (χ3n) is 6.33. The molecule has 32 heavy (non-hydrogen) atoms. The van der Waals surface area contributed by atoms with Gasteiger partial charge >= 0.3 is 0 Å². The van der Waals surface area contributed by atoms with Crippen LogP contribution in [-0.4, -0.2) is 55.9 Å². The minimum Gasteiger partial charge on any atom is -0.390 e. The topological polar surface area (TPSA) is 89.2 Å². The van der Waals surface area contributed by atoms with Gasteiger partial charge < -0.3 is 14.7 Å². The summed E-state index contributed by atoms with van der Waals surface area (Å²) in [5, 5.41) is 11.3. The maximum absolute atomic E-state index is 10.1. The smallest absolute Gasteiger partial charge is 0.157 e. The largest absolute Gasteiger partial charge is 0.390 e. The zero-order valence-corrected chi connectivity index (χ0v) is 19.4. The molecule has 1 N–H and O–H groups in total. The summed E-state index contributed by atoms with van der Waals surface area (Å²) >= 11 is 8.07. The quantitative estimate of drug-likeness (QED) is 0.601. The Morgan fingerprint density at radius 2 is 2.03 bits per heavy atom. The lowest BCUT2D eigenvalue weighted by Gasteiger charge is -2.39. The summed E-state index contributed by atoms with van der Waals surface area (Å²) < 4.78 is 7.42. The second kappa shape index (κ2) is 8.97. The number of imidazole rings is 1. The van der Waals surface area contributed by atoms with E-state index >= 15 is 0 Å². The molecular weight excluding hydrogens is 448 g/mol. The van der Waals surface area contributed by atoms with E-state index in [9.17, 15) is 5.11 Å². The van der Waals surface area contributed by atoms with E-state index in [1.807, 2.05) is 13.0 Å². The predicted octanol–water partition coefficient (Wildman–Crippen LogP) is 3.67. The number of halogens is 1. The first-order chi connectivity index (χ1) is 15.6. The summed E-state index contributed by atoms with van der Waals surface area (Å²) in [5.41, 5.74) is 1.72. The molecule has 0 aromatic carbocycles. The standard InChI is InChI=1S/C22H25ClN6O2S/c1-15-21(32-17-2-6-25-20(18(17)23)29-10-7-24-14-29)27-16(12-30)19(26-15)28-8-3-22(4-9-28)5-11-31-13-22/h2,6-7,10,14,30H,3-5,8-9,11-13H2,1H3. The average Bonchev–Trinajstić information content (AvgIpc) is 3.50. The van der Waals surface area contributed by atoms with E-state index in [0.717, 1.165) is 67.0 Å². The van der Waals surface area contributed by atoms with E-state index in [4.69, 9.17) is 26.3 Å². The number of nitrogens with zero attached hydrogens (tertiary/aromatic N) is 6. The maximum Gasteiger partial charge on any atom is 0.157 e. The molecule has 2 aliphatic heterocycles. The Labute approximate surface area is 196 Å². The Bertz CT molecular complexity index is 1090. The molecule has 0 unspecified atom stereocenters. The number of piperidine rings is 1. The molecule has 5 rings (SSSR count). The number of hydrogen-bond acceptors (Lipinski definition) is 8. The maximum atomic E-state index is 10.1. The lowest BCUT2D eigenvalue weighted by molar-refractivity contribution is 0.133. The van der Waals surface area contributed by atoms with Crippen LogP contribution in [0.3, 0.4) is 0 Å². The van der Waals surface area contributed by atoms with E-state index in [2.05, 4.69) is 14.9 Å². The summed E-state index contributed by atoms with van der Waals surface area (Å²) in [6.45, 7) is 5.32. The molecule has 3 aromatic heterocycles. The normalized spacial score (nSPS) is 17.9. The van der Waals surface area contributed by atoms with Gasteiger partial charge in [0.15, 0.2) is 11.6 Å². The number of aryl methyl sites for hydroxylation is 1. The number of aliphatic hydroxyl groups is 1. The molecule has 2 aliphatic rings. The van der Waals surface area contributed by atoms with Crippen molar-refractivity contribution in [2.75, 3.05) is 31.2 Å². The van der Waals surface area contributed by atoms with E-state index < -0.39 is 0 Å². The Balaban J connectivity index is 1.39. The minimum absolute atomic E-state index is 0.161. The van der Waals surface area contributed by atoms with Gasteiger partial charge in [-0.05, 0) is 37.7 Å². The minimum atomic E-state index is -0.161. The molecule has 0 bridgehead atoms. The lowest BCUT2D eigenvalue weighted by Crippen LogP contribution is -2.41. The van der Waals surface area contributed by atoms with Gasteiger partial charge in [0.05, 0.1) is 23.9 Å². The Morgan fingerprint density at radius 1 is 1.19 bits per heavy atom. The number of aliphatic hydroxyl groups excluding tert-OH is 1. The molecule has 1 spiro atoms. The van der Waals surface area contributed by atoms with Crippen molar-refractivity contribution < 1.29 is 9.84 Å². The molecule has 0 atom stereocenters. The summed E-state index contributed by atoms with van der Waals surface area (Å²) in [6.07, 6.45) is 10.2. The zero-order valence-electron chi connectivity index (χ0n) is 17.9. The van der Waals surface area contributed by atoms with Crippen molar-refractivity contribution in [3.05, 3.63) is 47.4 Å². The number of hydrogen-bond donors (Lipinski definition) is 1. The van der Waals surface area contributed by atoms with Crippen molar-refractivity contribution in [1.82, 2.24) is 24.5 Å². The second-order valence-corrected chi connectivity index (χ2v) is 9.76. The van der Waals surface area contributed by atoms with Gasteiger partial charge in [-0.1, -0.05) is 23.4 Å². The van der Waals surface area contributed by atoms with Crippen LogP contribution < -0.4 is 4.90 Å². The summed E-state index contributed by atoms with van der Waals surface area (Å²) in [6, 6.07) is 1.86. The first kappa shape index (κ1) is 21.6. The van der Waals surface area contributed by atoms with E-state index in [0.29, 0.717) is 21.9 Å². The average molecular weight is 473 g/mol. The van der Waals surface area contributed by atoms with Crippen LogP contribution in [0.4, 0.5) is 5.82 Å². The summed E-state index contributed by atoms with van der Waals surface area (Å²) in [4.78, 5) is 21.1. The lowest BCUT2D eigenvalue weighted by atomic mass is 9.78. The molecule has 5 heterocycles. The number of ether oxygens (including phenoxy) is 1. The molecule has 2 saturated heterocycles. The molecule has 0 amide bonds. The summed E-state index contributed by atoms with van der Waals surface area (Å²) in [5.74, 6) is 1.39. The number of aromatic nitrogens is 5. The van der Waals surface area contributed by atoms with Gasteiger partial charge in [0.1, 0.15) is 17.0 Å². The molecule has 0 aliphatic carbocycles. The van der Waals surface area contributed by atoms with Crippen molar-refractivity contribution >= 4 is 29.2 Å². The highest BCUT2D eigenvalue weighted by Crippen LogP contribution is 2.41. The van der Waals surface area contributed by atoms with Crippen LogP contribution in [0, 0.1) is 12.3 Å². The van der Waals surface area contributed by atoms with Gasteiger partial charge in [0, 0.05) is 43.2 Å². The van der Waals surface area contributed by atoms with Crippen LogP contribution in [0.2, 0.25) is 5.02 Å². The molecule has 8 nitrogen and oxygen atoms in total. The van der Waals surface area contributed by atoms with Crippen LogP contribution in [0.25, 0.3) is 5.82 Å². The Kier molecular flexibility index (Phi) is 6.07. The molecule has 0 saturated carbocycles. The number of rotatable bonds is 5. The van der Waals surface area contributed by atoms with Gasteiger partial charge in [-0.3, -0.25) is 4.57 Å². The van der Waals surface area contributed by atoms with Crippen LogP contribution in [0.1, 0.15) is 30.7 Å². The van der Waals surface area contributed by atoms with Crippen LogP contribution >= 0.6 is 23.4 Å². The molecule has 3 aromatic rings. The van der Waals surface area contributed by atoms with Gasteiger partial charge in [-0.25, -0.2) is 19.9 Å². The van der Waals surface area contributed by atoms with Crippen molar-refractivity contribution in [2.45, 2.75) is 42.7 Å². The van der Waals surface area contributed by atoms with Crippen molar-refractivity contribution in [2.24, 2.45) is 5.41 Å². The van der Waals surface area contributed by atoms with Gasteiger partial charge in [0.2, 0.25) is 0 Å². The van der Waals surface area contributed by atoms with E-state index in [-0.39, 0.29) is 6.61 Å². The first-order valence-corrected chi connectivity index (χ1v) is 11.9. The fourth-order valence-electron chi connectivity index (χ4n) is 4.38. The molecule has 0 radical (unpaired) electrons. The number of pyridine rings is 1. The highest BCUT2D eigenvalue weighted by Gasteiger charge is 2.38. The van der Waals surface area contributed by atoms with Crippen LogP contribution in [-0.2, 0) is 11.3 Å².